The summed E-state index contributed by atoms with van der Waals surface area (Å²) < 4.78 is 8.40. The Morgan fingerprint density at radius 3 is 2.54 bits per heavy atom. The van der Waals surface area contributed by atoms with Gasteiger partial charge >= 0.3 is 0 Å². The van der Waals surface area contributed by atoms with Gasteiger partial charge in [0.15, 0.2) is 0 Å². The number of nitriles is 1. The van der Waals surface area contributed by atoms with Crippen molar-refractivity contribution >= 4 is 39.0 Å². The SMILES string of the molecule is C/C=C(Oc1nc(Nc2ccc(C#N)cc2)nc2ccn(C)c12)/C(C)=C\C(=C/C)c1cncc2ccccc12. The van der Waals surface area contributed by atoms with E-state index in [2.05, 4.69) is 45.6 Å². The van der Waals surface area contributed by atoms with Gasteiger partial charge in [0.1, 0.15) is 11.3 Å². The first-order valence-electron chi connectivity index (χ1n) is 12.6. The lowest BCUT2D eigenvalue weighted by Gasteiger charge is -2.14. The van der Waals surface area contributed by atoms with Gasteiger partial charge in [-0.1, -0.05) is 30.3 Å². The van der Waals surface area contributed by atoms with Crippen LogP contribution in [0.15, 0.2) is 103 Å². The highest BCUT2D eigenvalue weighted by atomic mass is 16.5. The zero-order chi connectivity index (χ0) is 27.4. The van der Waals surface area contributed by atoms with Gasteiger partial charge in [-0.25, -0.2) is 4.98 Å². The molecular formula is C32H28N6O. The van der Waals surface area contributed by atoms with E-state index in [0.717, 1.165) is 44.2 Å². The highest BCUT2D eigenvalue weighted by Crippen LogP contribution is 2.31. The smallest absolute Gasteiger partial charge is 0.249 e. The van der Waals surface area contributed by atoms with Crippen LogP contribution in [0.1, 0.15) is 31.9 Å². The Labute approximate surface area is 227 Å². The van der Waals surface area contributed by atoms with Crippen LogP contribution in [0, 0.1) is 11.3 Å². The van der Waals surface area contributed by atoms with Gasteiger partial charge < -0.3 is 14.6 Å². The van der Waals surface area contributed by atoms with Crippen LogP contribution in [-0.4, -0.2) is 19.5 Å². The molecule has 7 nitrogen and oxygen atoms in total. The molecular weight excluding hydrogens is 484 g/mol. The molecule has 192 valence electrons. The Balaban J connectivity index is 1.48. The third kappa shape index (κ3) is 5.27. The first kappa shape index (κ1) is 25.4. The van der Waals surface area contributed by atoms with Gasteiger partial charge in [-0.05, 0) is 79.8 Å². The molecule has 2 aromatic carbocycles. The number of anilines is 2. The summed E-state index contributed by atoms with van der Waals surface area (Å²) in [7, 11) is 1.94. The lowest BCUT2D eigenvalue weighted by atomic mass is 9.98. The minimum atomic E-state index is 0.404. The molecule has 0 saturated heterocycles. The van der Waals surface area contributed by atoms with Crippen LogP contribution in [0.2, 0.25) is 0 Å². The van der Waals surface area contributed by atoms with E-state index in [9.17, 15) is 0 Å². The average molecular weight is 513 g/mol. The van der Waals surface area contributed by atoms with Crippen molar-refractivity contribution in [1.82, 2.24) is 19.5 Å². The van der Waals surface area contributed by atoms with Crippen LogP contribution >= 0.6 is 0 Å². The van der Waals surface area contributed by atoms with E-state index in [-0.39, 0.29) is 0 Å². The standard InChI is InChI=1S/C32H28N6O/c1-5-23(27-20-34-19-24-9-7-8-10-26(24)27)17-21(3)29(6-2)39-31-30-28(15-16-38(30)4)36-32(37-31)35-25-13-11-22(18-33)12-14-25/h5-17,19-20H,1-4H3,(H,35,36,37)/b21-17-,23-5+,29-6-. The number of fused-ring (bicyclic) bond motifs is 2. The molecule has 0 aliphatic carbocycles. The summed E-state index contributed by atoms with van der Waals surface area (Å²) >= 11 is 0. The van der Waals surface area contributed by atoms with Crippen molar-refractivity contribution in [3.8, 4) is 11.9 Å². The highest BCUT2D eigenvalue weighted by Gasteiger charge is 2.16. The number of rotatable bonds is 7. The maximum absolute atomic E-state index is 9.08. The number of pyridine rings is 1. The molecule has 0 amide bonds. The first-order chi connectivity index (χ1) is 19.0. The molecule has 0 aliphatic rings. The summed E-state index contributed by atoms with van der Waals surface area (Å²) in [4.78, 5) is 13.8. The molecule has 7 heteroatoms. The predicted octanol–water partition coefficient (Wildman–Crippen LogP) is 7.46. The quantitative estimate of drug-likeness (QED) is 0.180. The second kappa shape index (κ2) is 11.0. The van der Waals surface area contributed by atoms with E-state index in [1.807, 2.05) is 87.4 Å². The summed E-state index contributed by atoms with van der Waals surface area (Å²) in [5.41, 5.74) is 5.97. The van der Waals surface area contributed by atoms with E-state index in [1.54, 1.807) is 12.1 Å². The highest BCUT2D eigenvalue weighted by molar-refractivity contribution is 5.95. The molecule has 39 heavy (non-hydrogen) atoms. The van der Waals surface area contributed by atoms with Crippen molar-refractivity contribution in [2.45, 2.75) is 20.8 Å². The van der Waals surface area contributed by atoms with Gasteiger partial charge in [0.25, 0.3) is 0 Å². The van der Waals surface area contributed by atoms with Crippen molar-refractivity contribution in [3.63, 3.8) is 0 Å². The largest absolute Gasteiger partial charge is 0.437 e. The zero-order valence-electron chi connectivity index (χ0n) is 22.3. The Morgan fingerprint density at radius 1 is 1.00 bits per heavy atom. The molecule has 0 unspecified atom stereocenters. The van der Waals surface area contributed by atoms with Crippen LogP contribution in [0.25, 0.3) is 27.4 Å². The number of allylic oxidation sites excluding steroid dienone is 5. The molecule has 0 saturated carbocycles. The normalized spacial score (nSPS) is 12.5. The van der Waals surface area contributed by atoms with Crippen LogP contribution < -0.4 is 10.1 Å². The second-order valence-electron chi connectivity index (χ2n) is 9.06. The van der Waals surface area contributed by atoms with E-state index in [0.29, 0.717) is 23.2 Å². The van der Waals surface area contributed by atoms with Gasteiger partial charge in [0.05, 0.1) is 17.1 Å². The molecule has 1 N–H and O–H groups in total. The maximum atomic E-state index is 9.08. The van der Waals surface area contributed by atoms with Crippen molar-refractivity contribution in [3.05, 3.63) is 114 Å². The summed E-state index contributed by atoms with van der Waals surface area (Å²) in [6, 6.07) is 19.4. The van der Waals surface area contributed by atoms with Crippen LogP contribution in [0.4, 0.5) is 11.6 Å². The lowest BCUT2D eigenvalue weighted by molar-refractivity contribution is 0.421. The summed E-state index contributed by atoms with van der Waals surface area (Å²) in [6.45, 7) is 5.99. The minimum Gasteiger partial charge on any atom is -0.437 e. The Bertz CT molecular complexity index is 1800. The maximum Gasteiger partial charge on any atom is 0.249 e. The monoisotopic (exact) mass is 512 g/mol. The molecule has 0 aliphatic heterocycles. The Kier molecular flexibility index (Phi) is 7.19. The molecule has 0 bridgehead atoms. The first-order valence-corrected chi connectivity index (χ1v) is 12.6. The van der Waals surface area contributed by atoms with Gasteiger partial charge in [-0.2, -0.15) is 10.2 Å². The predicted molar refractivity (Wildman–Crippen MR) is 156 cm³/mol. The van der Waals surface area contributed by atoms with Crippen molar-refractivity contribution in [2.75, 3.05) is 5.32 Å². The summed E-state index contributed by atoms with van der Waals surface area (Å²) in [6.07, 6.45) is 11.8. The molecule has 0 radical (unpaired) electrons. The molecule has 5 rings (SSSR count). The number of benzene rings is 2. The zero-order valence-corrected chi connectivity index (χ0v) is 22.3. The fourth-order valence-electron chi connectivity index (χ4n) is 4.48. The molecule has 0 atom stereocenters. The van der Waals surface area contributed by atoms with Crippen LogP contribution in [0.5, 0.6) is 5.88 Å². The number of ether oxygens (including phenoxy) is 1. The lowest BCUT2D eigenvalue weighted by Crippen LogP contribution is -2.05. The van der Waals surface area contributed by atoms with E-state index >= 15 is 0 Å². The van der Waals surface area contributed by atoms with Crippen molar-refractivity contribution in [2.24, 2.45) is 7.05 Å². The van der Waals surface area contributed by atoms with Gasteiger partial charge in [0, 0.05) is 42.3 Å². The number of nitrogens with zero attached hydrogens (tertiary/aromatic N) is 5. The number of hydrogen-bond acceptors (Lipinski definition) is 6. The van der Waals surface area contributed by atoms with Gasteiger partial charge in [-0.15, -0.1) is 0 Å². The number of aromatic nitrogens is 4. The van der Waals surface area contributed by atoms with Gasteiger partial charge in [0.2, 0.25) is 11.8 Å². The van der Waals surface area contributed by atoms with Crippen LogP contribution in [0.3, 0.4) is 0 Å². The van der Waals surface area contributed by atoms with Gasteiger partial charge in [-0.3, -0.25) is 4.98 Å². The number of aryl methyl sites for hydroxylation is 1. The Morgan fingerprint density at radius 2 is 1.79 bits per heavy atom. The topological polar surface area (TPSA) is 88.6 Å². The summed E-state index contributed by atoms with van der Waals surface area (Å²) in [5, 5.41) is 14.5. The van der Waals surface area contributed by atoms with E-state index in [1.165, 1.54) is 0 Å². The molecule has 5 aromatic rings. The van der Waals surface area contributed by atoms with E-state index in [4.69, 9.17) is 15.0 Å². The summed E-state index contributed by atoms with van der Waals surface area (Å²) in [5.74, 6) is 1.54. The number of nitrogens with one attached hydrogen (secondary N) is 1. The molecule has 3 heterocycles. The third-order valence-corrected chi connectivity index (χ3v) is 6.48. The molecule has 0 spiro atoms. The van der Waals surface area contributed by atoms with Crippen LogP contribution in [-0.2, 0) is 7.05 Å². The third-order valence-electron chi connectivity index (χ3n) is 6.48. The molecule has 0 fully saturated rings. The fraction of sp³-hybridized carbons (Fsp3) is 0.125. The van der Waals surface area contributed by atoms with Crippen molar-refractivity contribution in [1.29, 1.82) is 5.26 Å². The minimum absolute atomic E-state index is 0.404. The molecule has 3 aromatic heterocycles. The average Bonchev–Trinajstić information content (AvgIpc) is 3.35. The fourth-order valence-corrected chi connectivity index (χ4v) is 4.48. The van der Waals surface area contributed by atoms with E-state index < -0.39 is 0 Å². The Hall–Kier alpha value is -5.22. The second-order valence-corrected chi connectivity index (χ2v) is 9.06. The van der Waals surface area contributed by atoms with Crippen molar-refractivity contribution < 1.29 is 4.74 Å². The number of hydrogen-bond donors (Lipinski definition) is 1.